The molecule has 1 unspecified atom stereocenters. The zero-order valence-corrected chi connectivity index (χ0v) is 17.8. The van der Waals surface area contributed by atoms with Crippen molar-refractivity contribution < 1.29 is 9.47 Å². The summed E-state index contributed by atoms with van der Waals surface area (Å²) in [6.07, 6.45) is 3.82. The molecule has 2 N–H and O–H groups in total. The molecule has 0 amide bonds. The molecule has 1 aliphatic heterocycles. The van der Waals surface area contributed by atoms with Crippen LogP contribution in [-0.4, -0.2) is 50.4 Å². The van der Waals surface area contributed by atoms with Gasteiger partial charge in [0, 0.05) is 45.0 Å². The fraction of sp³-hybridized carbons (Fsp3) is 0.391. The van der Waals surface area contributed by atoms with E-state index < -0.39 is 0 Å². The molecule has 0 spiro atoms. The van der Waals surface area contributed by atoms with E-state index >= 15 is 0 Å². The van der Waals surface area contributed by atoms with Gasteiger partial charge in [-0.05, 0) is 30.7 Å². The third kappa shape index (κ3) is 6.22. The minimum atomic E-state index is 0.226. The molecule has 160 valence electrons. The Morgan fingerprint density at radius 1 is 1.33 bits per heavy atom. The smallest absolute Gasteiger partial charge is 0.191 e. The van der Waals surface area contributed by atoms with E-state index in [0.717, 1.165) is 48.4 Å². The molecule has 7 nitrogen and oxygen atoms in total. The van der Waals surface area contributed by atoms with Crippen LogP contribution in [-0.2, 0) is 17.8 Å². The summed E-state index contributed by atoms with van der Waals surface area (Å²) in [5.74, 6) is 2.56. The number of hydrogen-bond donors (Lipinski definition) is 2. The highest BCUT2D eigenvalue weighted by Gasteiger charge is 2.18. The summed E-state index contributed by atoms with van der Waals surface area (Å²) in [6, 6.07) is 12.1. The number of morpholine rings is 1. The maximum Gasteiger partial charge on any atom is 0.191 e. The maximum atomic E-state index is 5.72. The van der Waals surface area contributed by atoms with Crippen molar-refractivity contribution >= 4 is 11.8 Å². The Morgan fingerprint density at radius 3 is 2.97 bits per heavy atom. The van der Waals surface area contributed by atoms with Crippen molar-refractivity contribution in [1.82, 2.24) is 15.6 Å². The molecule has 0 saturated carbocycles. The fourth-order valence-corrected chi connectivity index (χ4v) is 3.29. The lowest BCUT2D eigenvalue weighted by Crippen LogP contribution is -2.41. The minimum Gasteiger partial charge on any atom is -0.489 e. The molecule has 1 saturated heterocycles. The highest BCUT2D eigenvalue weighted by molar-refractivity contribution is 5.79. The van der Waals surface area contributed by atoms with Crippen LogP contribution in [0.5, 0.6) is 5.75 Å². The zero-order valence-electron chi connectivity index (χ0n) is 17.8. The van der Waals surface area contributed by atoms with E-state index in [2.05, 4.69) is 45.1 Å². The Bertz CT molecular complexity index is 855. The third-order valence-corrected chi connectivity index (χ3v) is 4.83. The van der Waals surface area contributed by atoms with Gasteiger partial charge in [-0.25, -0.2) is 4.98 Å². The molecule has 7 heteroatoms. The Hall–Kier alpha value is -3.06. The summed E-state index contributed by atoms with van der Waals surface area (Å²) in [5, 5.41) is 6.72. The Balaban J connectivity index is 1.55. The first kappa shape index (κ1) is 21.6. The van der Waals surface area contributed by atoms with Crippen LogP contribution in [0.3, 0.4) is 0 Å². The van der Waals surface area contributed by atoms with Gasteiger partial charge in [-0.2, -0.15) is 0 Å². The molecule has 0 bridgehead atoms. The second-order valence-electron chi connectivity index (χ2n) is 7.14. The van der Waals surface area contributed by atoms with Crippen molar-refractivity contribution in [3.05, 3.63) is 66.4 Å². The van der Waals surface area contributed by atoms with Crippen molar-refractivity contribution in [2.24, 2.45) is 4.99 Å². The fourth-order valence-electron chi connectivity index (χ4n) is 3.29. The normalized spacial score (nSPS) is 16.8. The van der Waals surface area contributed by atoms with E-state index in [-0.39, 0.29) is 6.10 Å². The largest absolute Gasteiger partial charge is 0.489 e. The lowest BCUT2D eigenvalue weighted by molar-refractivity contribution is 0.0529. The van der Waals surface area contributed by atoms with Crippen LogP contribution in [0.1, 0.15) is 18.1 Å². The number of rotatable bonds is 8. The molecule has 0 radical (unpaired) electrons. The van der Waals surface area contributed by atoms with E-state index in [0.29, 0.717) is 19.7 Å². The van der Waals surface area contributed by atoms with Gasteiger partial charge in [0.25, 0.3) is 0 Å². The summed E-state index contributed by atoms with van der Waals surface area (Å²) < 4.78 is 11.3. The molecular formula is C23H31N5O2. The molecule has 1 aromatic carbocycles. The number of para-hydroxylation sites is 1. The first-order valence-corrected chi connectivity index (χ1v) is 10.3. The Labute approximate surface area is 178 Å². The van der Waals surface area contributed by atoms with Gasteiger partial charge in [0.15, 0.2) is 5.96 Å². The lowest BCUT2D eigenvalue weighted by Gasteiger charge is -2.32. The van der Waals surface area contributed by atoms with Gasteiger partial charge in [-0.15, -0.1) is 0 Å². The summed E-state index contributed by atoms with van der Waals surface area (Å²) in [6.45, 7) is 10.0. The number of hydrogen-bond acceptors (Lipinski definition) is 5. The van der Waals surface area contributed by atoms with Gasteiger partial charge in [0.1, 0.15) is 18.2 Å². The van der Waals surface area contributed by atoms with E-state index in [1.54, 1.807) is 13.1 Å². The molecule has 1 aromatic heterocycles. The molecule has 2 aromatic rings. The van der Waals surface area contributed by atoms with Gasteiger partial charge < -0.3 is 25.0 Å². The van der Waals surface area contributed by atoms with Crippen molar-refractivity contribution in [1.29, 1.82) is 0 Å². The number of guanidine groups is 1. The minimum absolute atomic E-state index is 0.226. The lowest BCUT2D eigenvalue weighted by atomic mass is 10.2. The first-order chi connectivity index (χ1) is 14.7. The number of aromatic nitrogens is 1. The number of nitrogens with one attached hydrogen (secondary N) is 2. The van der Waals surface area contributed by atoms with Gasteiger partial charge >= 0.3 is 0 Å². The summed E-state index contributed by atoms with van der Waals surface area (Å²) in [4.78, 5) is 11.1. The van der Waals surface area contributed by atoms with Gasteiger partial charge in [-0.3, -0.25) is 4.99 Å². The van der Waals surface area contributed by atoms with Crippen molar-refractivity contribution in [3.63, 3.8) is 0 Å². The third-order valence-electron chi connectivity index (χ3n) is 4.83. The van der Waals surface area contributed by atoms with E-state index in [9.17, 15) is 0 Å². The summed E-state index contributed by atoms with van der Waals surface area (Å²) in [5.41, 5.74) is 2.21. The van der Waals surface area contributed by atoms with Crippen molar-refractivity contribution in [2.75, 3.05) is 38.3 Å². The number of pyridine rings is 1. The average molecular weight is 410 g/mol. The van der Waals surface area contributed by atoms with Gasteiger partial charge in [0.2, 0.25) is 0 Å². The number of nitrogens with zero attached hydrogens (tertiary/aromatic N) is 3. The Morgan fingerprint density at radius 2 is 2.17 bits per heavy atom. The summed E-state index contributed by atoms with van der Waals surface area (Å²) in [7, 11) is 1.77. The van der Waals surface area contributed by atoms with Crippen LogP contribution in [0.2, 0.25) is 0 Å². The van der Waals surface area contributed by atoms with Crippen molar-refractivity contribution in [3.8, 4) is 5.75 Å². The van der Waals surface area contributed by atoms with Crippen LogP contribution in [0.15, 0.2) is 60.2 Å². The Kier molecular flexibility index (Phi) is 8.09. The van der Waals surface area contributed by atoms with Crippen LogP contribution in [0.25, 0.3) is 0 Å². The second kappa shape index (κ2) is 11.2. The molecule has 0 aliphatic carbocycles. The molecule has 2 heterocycles. The monoisotopic (exact) mass is 409 g/mol. The van der Waals surface area contributed by atoms with Gasteiger partial charge in [-0.1, -0.05) is 30.9 Å². The van der Waals surface area contributed by atoms with Crippen LogP contribution in [0, 0.1) is 0 Å². The van der Waals surface area contributed by atoms with E-state index in [4.69, 9.17) is 9.47 Å². The standard InChI is InChI=1S/C23H31N5O2/c1-4-12-30-21-8-6-5-7-20(21)16-27-23(24-3)26-15-19-9-10-25-22(14-19)28-11-13-29-18(2)17-28/h4-10,14,18H,1,11-13,15-17H2,2-3H3,(H2,24,26,27). The molecule has 1 atom stereocenters. The van der Waals surface area contributed by atoms with Crippen LogP contribution < -0.4 is 20.3 Å². The van der Waals surface area contributed by atoms with Crippen LogP contribution in [0.4, 0.5) is 5.82 Å². The first-order valence-electron chi connectivity index (χ1n) is 10.3. The average Bonchev–Trinajstić information content (AvgIpc) is 2.78. The molecule has 3 rings (SSSR count). The number of aliphatic imine (C=N–C) groups is 1. The highest BCUT2D eigenvalue weighted by Crippen LogP contribution is 2.18. The second-order valence-corrected chi connectivity index (χ2v) is 7.14. The predicted octanol–water partition coefficient (Wildman–Crippen LogP) is 2.74. The van der Waals surface area contributed by atoms with Crippen molar-refractivity contribution in [2.45, 2.75) is 26.1 Å². The maximum absolute atomic E-state index is 5.72. The van der Waals surface area contributed by atoms with E-state index in [1.807, 2.05) is 36.5 Å². The predicted molar refractivity (Wildman–Crippen MR) is 121 cm³/mol. The van der Waals surface area contributed by atoms with Gasteiger partial charge in [0.05, 0.1) is 12.7 Å². The highest BCUT2D eigenvalue weighted by atomic mass is 16.5. The topological polar surface area (TPSA) is 71.0 Å². The molecule has 1 aliphatic rings. The summed E-state index contributed by atoms with van der Waals surface area (Å²) >= 11 is 0. The zero-order chi connectivity index (χ0) is 21.2. The molecule has 30 heavy (non-hydrogen) atoms. The number of ether oxygens (including phenoxy) is 2. The quantitative estimate of drug-likeness (QED) is 0.397. The van der Waals surface area contributed by atoms with Crippen LogP contribution >= 0.6 is 0 Å². The number of benzene rings is 1. The molecular weight excluding hydrogens is 378 g/mol. The van der Waals surface area contributed by atoms with E-state index in [1.165, 1.54) is 0 Å². The SMILES string of the molecule is C=CCOc1ccccc1CNC(=NC)NCc1ccnc(N2CCOC(C)C2)c1. The molecule has 1 fully saturated rings. The number of anilines is 1.